The van der Waals surface area contributed by atoms with Gasteiger partial charge in [-0.2, -0.15) is 5.26 Å². The highest BCUT2D eigenvalue weighted by Gasteiger charge is 2.24. The Morgan fingerprint density at radius 2 is 1.95 bits per heavy atom. The van der Waals surface area contributed by atoms with Gasteiger partial charge in [-0.05, 0) is 44.3 Å². The van der Waals surface area contributed by atoms with Gasteiger partial charge in [-0.3, -0.25) is 0 Å². The van der Waals surface area contributed by atoms with E-state index in [2.05, 4.69) is 17.9 Å². The van der Waals surface area contributed by atoms with Gasteiger partial charge in [0, 0.05) is 12.6 Å². The van der Waals surface area contributed by atoms with E-state index < -0.39 is 0 Å². The van der Waals surface area contributed by atoms with Gasteiger partial charge in [-0.15, -0.1) is 0 Å². The van der Waals surface area contributed by atoms with Crippen molar-refractivity contribution in [3.63, 3.8) is 0 Å². The Morgan fingerprint density at radius 3 is 2.47 bits per heavy atom. The number of hydrogen-bond acceptors (Lipinski definition) is 3. The van der Waals surface area contributed by atoms with Crippen molar-refractivity contribution in [2.45, 2.75) is 31.7 Å². The number of rotatable bonds is 4. The summed E-state index contributed by atoms with van der Waals surface area (Å²) in [7, 11) is 0. The van der Waals surface area contributed by atoms with Crippen molar-refractivity contribution in [1.82, 2.24) is 4.90 Å². The summed E-state index contributed by atoms with van der Waals surface area (Å²) in [6.07, 6.45) is 2.31. The van der Waals surface area contributed by atoms with Crippen molar-refractivity contribution < 1.29 is 0 Å². The number of hydrogen-bond donors (Lipinski definition) is 1. The zero-order valence-corrected chi connectivity index (χ0v) is 11.6. The maximum atomic E-state index is 9.35. The van der Waals surface area contributed by atoms with E-state index in [1.54, 1.807) is 0 Å². The maximum absolute atomic E-state index is 9.35. The molecule has 0 aromatic heterocycles. The molecule has 19 heavy (non-hydrogen) atoms. The molecule has 2 unspecified atom stereocenters. The molecule has 1 aromatic carbocycles. The van der Waals surface area contributed by atoms with Gasteiger partial charge < -0.3 is 10.6 Å². The Kier molecular flexibility index (Phi) is 4.95. The molecule has 0 aliphatic carbocycles. The van der Waals surface area contributed by atoms with Crippen LogP contribution in [0.5, 0.6) is 0 Å². The summed E-state index contributed by atoms with van der Waals surface area (Å²) in [4.78, 5) is 2.40. The molecular weight excluding hydrogens is 234 g/mol. The summed E-state index contributed by atoms with van der Waals surface area (Å²) in [5, 5.41) is 9.35. The zero-order chi connectivity index (χ0) is 13.7. The molecule has 0 saturated carbocycles. The molecule has 2 rings (SSSR count). The number of nitrogens with two attached hydrogens (primary N) is 1. The molecule has 1 fully saturated rings. The predicted octanol–water partition coefficient (Wildman–Crippen LogP) is 2.35. The van der Waals surface area contributed by atoms with E-state index in [0.717, 1.165) is 38.0 Å². The molecule has 0 radical (unpaired) electrons. The maximum Gasteiger partial charge on any atom is 0.0839 e. The summed E-state index contributed by atoms with van der Waals surface area (Å²) in [5.74, 6) is 0.626. The Morgan fingerprint density at radius 1 is 1.32 bits per heavy atom. The van der Waals surface area contributed by atoms with Crippen LogP contribution in [0.25, 0.3) is 0 Å². The molecule has 1 heterocycles. The standard InChI is InChI=1S/C16H23N3/c1-13(18)14-7-9-19(10-8-14)12-16(11-17)15-5-3-2-4-6-15/h2-6,13-14,16H,7-10,12,18H2,1H3. The fraction of sp³-hybridized carbons (Fsp3) is 0.562. The number of piperidine rings is 1. The van der Waals surface area contributed by atoms with Crippen molar-refractivity contribution in [3.05, 3.63) is 35.9 Å². The van der Waals surface area contributed by atoms with Crippen molar-refractivity contribution >= 4 is 0 Å². The number of likely N-dealkylation sites (tertiary alicyclic amines) is 1. The molecule has 102 valence electrons. The fourth-order valence-electron chi connectivity index (χ4n) is 2.83. The van der Waals surface area contributed by atoms with Crippen LogP contribution in [0.15, 0.2) is 30.3 Å². The molecule has 0 amide bonds. The van der Waals surface area contributed by atoms with Gasteiger partial charge in [0.05, 0.1) is 12.0 Å². The lowest BCUT2D eigenvalue weighted by atomic mass is 9.90. The third-order valence-corrected chi connectivity index (χ3v) is 4.17. The van der Waals surface area contributed by atoms with Crippen molar-refractivity contribution in [2.24, 2.45) is 11.7 Å². The highest BCUT2D eigenvalue weighted by Crippen LogP contribution is 2.23. The third-order valence-electron chi connectivity index (χ3n) is 4.17. The largest absolute Gasteiger partial charge is 0.328 e. The molecule has 0 spiro atoms. The van der Waals surface area contributed by atoms with Gasteiger partial charge in [0.2, 0.25) is 0 Å². The first-order valence-electron chi connectivity index (χ1n) is 7.13. The van der Waals surface area contributed by atoms with Gasteiger partial charge in [0.25, 0.3) is 0 Å². The monoisotopic (exact) mass is 257 g/mol. The van der Waals surface area contributed by atoms with E-state index >= 15 is 0 Å². The second-order valence-corrected chi connectivity index (χ2v) is 5.59. The summed E-state index contributed by atoms with van der Waals surface area (Å²) >= 11 is 0. The Hall–Kier alpha value is -1.37. The first kappa shape index (κ1) is 14.0. The zero-order valence-electron chi connectivity index (χ0n) is 11.6. The van der Waals surface area contributed by atoms with Crippen molar-refractivity contribution in [1.29, 1.82) is 5.26 Å². The molecule has 1 aliphatic rings. The summed E-state index contributed by atoms with van der Waals surface area (Å²) < 4.78 is 0. The van der Waals surface area contributed by atoms with E-state index in [4.69, 9.17) is 5.73 Å². The summed E-state index contributed by atoms with van der Waals surface area (Å²) in [6.45, 7) is 5.07. The lowest BCUT2D eigenvalue weighted by Gasteiger charge is -2.34. The molecule has 2 N–H and O–H groups in total. The highest BCUT2D eigenvalue weighted by molar-refractivity contribution is 5.25. The smallest absolute Gasteiger partial charge is 0.0839 e. The van der Waals surface area contributed by atoms with Crippen LogP contribution >= 0.6 is 0 Å². The van der Waals surface area contributed by atoms with Crippen molar-refractivity contribution in [3.8, 4) is 6.07 Å². The lowest BCUT2D eigenvalue weighted by Crippen LogP contribution is -2.41. The average Bonchev–Trinajstić information content (AvgIpc) is 2.46. The fourth-order valence-corrected chi connectivity index (χ4v) is 2.83. The SMILES string of the molecule is CC(N)C1CCN(CC(C#N)c2ccccc2)CC1. The van der Waals surface area contributed by atoms with Gasteiger partial charge in [-0.25, -0.2) is 0 Å². The number of benzene rings is 1. The van der Waals surface area contributed by atoms with Crippen LogP contribution in [0.1, 0.15) is 31.2 Å². The van der Waals surface area contributed by atoms with E-state index in [-0.39, 0.29) is 5.92 Å². The average molecular weight is 257 g/mol. The quantitative estimate of drug-likeness (QED) is 0.901. The van der Waals surface area contributed by atoms with E-state index in [1.807, 2.05) is 30.3 Å². The Balaban J connectivity index is 1.89. The Labute approximate surface area is 116 Å². The minimum atomic E-state index is -0.0203. The van der Waals surface area contributed by atoms with E-state index in [1.165, 1.54) is 0 Å². The third kappa shape index (κ3) is 3.79. The van der Waals surface area contributed by atoms with Gasteiger partial charge in [-0.1, -0.05) is 30.3 Å². The van der Waals surface area contributed by atoms with Crippen LogP contribution in [-0.4, -0.2) is 30.6 Å². The second kappa shape index (κ2) is 6.70. The first-order chi connectivity index (χ1) is 9.20. The highest BCUT2D eigenvalue weighted by atomic mass is 15.1. The first-order valence-corrected chi connectivity index (χ1v) is 7.13. The minimum absolute atomic E-state index is 0.0203. The van der Waals surface area contributed by atoms with Crippen molar-refractivity contribution in [2.75, 3.05) is 19.6 Å². The number of nitrogens with zero attached hydrogens (tertiary/aromatic N) is 2. The molecule has 1 aliphatic heterocycles. The molecule has 3 nitrogen and oxygen atoms in total. The number of nitriles is 1. The van der Waals surface area contributed by atoms with Crippen LogP contribution in [0.4, 0.5) is 0 Å². The Bertz CT molecular complexity index is 413. The summed E-state index contributed by atoms with van der Waals surface area (Å²) in [5.41, 5.74) is 7.08. The van der Waals surface area contributed by atoms with Crippen LogP contribution in [0.3, 0.4) is 0 Å². The molecule has 1 aromatic rings. The molecule has 0 bridgehead atoms. The van der Waals surface area contributed by atoms with Crippen LogP contribution < -0.4 is 5.73 Å². The van der Waals surface area contributed by atoms with E-state index in [9.17, 15) is 5.26 Å². The molecular formula is C16H23N3. The minimum Gasteiger partial charge on any atom is -0.328 e. The van der Waals surface area contributed by atoms with Crippen LogP contribution in [0, 0.1) is 17.2 Å². The second-order valence-electron chi connectivity index (χ2n) is 5.59. The van der Waals surface area contributed by atoms with Crippen LogP contribution in [-0.2, 0) is 0 Å². The van der Waals surface area contributed by atoms with Gasteiger partial charge in [0.1, 0.15) is 0 Å². The normalized spacial score (nSPS) is 20.7. The van der Waals surface area contributed by atoms with E-state index in [0.29, 0.717) is 12.0 Å². The summed E-state index contributed by atoms with van der Waals surface area (Å²) in [6, 6.07) is 12.8. The lowest BCUT2D eigenvalue weighted by molar-refractivity contribution is 0.170. The topological polar surface area (TPSA) is 53.0 Å². The predicted molar refractivity (Wildman–Crippen MR) is 77.6 cm³/mol. The molecule has 2 atom stereocenters. The van der Waals surface area contributed by atoms with Crippen LogP contribution in [0.2, 0.25) is 0 Å². The molecule has 1 saturated heterocycles. The van der Waals surface area contributed by atoms with Gasteiger partial charge >= 0.3 is 0 Å². The molecule has 3 heteroatoms. The van der Waals surface area contributed by atoms with Gasteiger partial charge in [0.15, 0.2) is 0 Å².